The van der Waals surface area contributed by atoms with Gasteiger partial charge in [0.05, 0.1) is 12.8 Å². The highest BCUT2D eigenvalue weighted by Gasteiger charge is 2.21. The number of nitrogens with two attached hydrogens (primary N) is 1. The van der Waals surface area contributed by atoms with Crippen LogP contribution in [0.15, 0.2) is 71.6 Å². The molecule has 3 aromatic rings. The smallest absolute Gasteiger partial charge is 0.404 e. The third kappa shape index (κ3) is 5.88. The first kappa shape index (κ1) is 22.9. The summed E-state index contributed by atoms with van der Waals surface area (Å²) in [6.45, 7) is 0.359. The van der Waals surface area contributed by atoms with Crippen LogP contribution < -0.4 is 20.5 Å². The van der Waals surface area contributed by atoms with Crippen LogP contribution in [0.3, 0.4) is 0 Å². The second-order valence-electron chi connectivity index (χ2n) is 6.66. The number of hydrogen-bond donors (Lipinski definition) is 3. The van der Waals surface area contributed by atoms with Crippen LogP contribution >= 0.6 is 0 Å². The number of halogens is 1. The molecule has 8 nitrogen and oxygen atoms in total. The van der Waals surface area contributed by atoms with Crippen LogP contribution in [0.5, 0.6) is 5.75 Å². The Kier molecular flexibility index (Phi) is 7.16. The summed E-state index contributed by atoms with van der Waals surface area (Å²) >= 11 is 0. The third-order valence-corrected chi connectivity index (χ3v) is 5.80. The van der Waals surface area contributed by atoms with Crippen LogP contribution in [0.25, 0.3) is 11.1 Å². The number of nitrogens with one attached hydrogen (secondary N) is 2. The lowest BCUT2D eigenvalue weighted by Crippen LogP contribution is -2.18. The van der Waals surface area contributed by atoms with E-state index in [2.05, 4.69) is 14.8 Å². The molecule has 4 N–H and O–H groups in total. The van der Waals surface area contributed by atoms with Gasteiger partial charge in [-0.3, -0.25) is 4.72 Å². The first-order chi connectivity index (χ1) is 15.3. The number of benzene rings is 3. The van der Waals surface area contributed by atoms with Crippen LogP contribution in [0, 0.1) is 5.82 Å². The number of sulfonamides is 1. The number of ether oxygens (including phenoxy) is 2. The fraction of sp³-hybridized carbons (Fsp3) is 0.136. The van der Waals surface area contributed by atoms with Crippen molar-refractivity contribution in [3.63, 3.8) is 0 Å². The largest absolute Gasteiger partial charge is 0.495 e. The number of carbonyl (C=O) groups excluding carboxylic acids is 1. The number of anilines is 2. The van der Waals surface area contributed by atoms with Gasteiger partial charge in [-0.25, -0.2) is 17.6 Å². The van der Waals surface area contributed by atoms with Crippen LogP contribution in [0.4, 0.5) is 20.6 Å². The van der Waals surface area contributed by atoms with Gasteiger partial charge in [0.1, 0.15) is 23.1 Å². The van der Waals surface area contributed by atoms with Gasteiger partial charge >= 0.3 is 6.09 Å². The predicted molar refractivity (Wildman–Crippen MR) is 120 cm³/mol. The zero-order valence-corrected chi connectivity index (χ0v) is 18.0. The third-order valence-electron chi connectivity index (χ3n) is 4.40. The summed E-state index contributed by atoms with van der Waals surface area (Å²) in [7, 11) is -2.66. The van der Waals surface area contributed by atoms with E-state index in [4.69, 9.17) is 10.5 Å². The fourth-order valence-corrected chi connectivity index (χ4v) is 4.23. The number of carbonyl (C=O) groups is 1. The average Bonchev–Trinajstić information content (AvgIpc) is 2.76. The van der Waals surface area contributed by atoms with Crippen molar-refractivity contribution in [1.29, 1.82) is 0 Å². The molecule has 32 heavy (non-hydrogen) atoms. The molecule has 0 aliphatic rings. The van der Waals surface area contributed by atoms with Gasteiger partial charge in [-0.2, -0.15) is 0 Å². The number of primary amides is 1. The minimum absolute atomic E-state index is 0.0648. The van der Waals surface area contributed by atoms with Crippen molar-refractivity contribution >= 4 is 27.5 Å². The highest BCUT2D eigenvalue weighted by Crippen LogP contribution is 2.31. The number of rotatable bonds is 9. The SMILES string of the molecule is COc1ccc(-c2cccc(F)c2)cc1S(=O)(=O)Nc1cccc(NCCOC(N)=O)c1. The summed E-state index contributed by atoms with van der Waals surface area (Å²) in [5, 5.41) is 3.00. The van der Waals surface area contributed by atoms with E-state index >= 15 is 0 Å². The molecule has 168 valence electrons. The average molecular weight is 459 g/mol. The first-order valence-electron chi connectivity index (χ1n) is 9.51. The Bertz CT molecular complexity index is 1220. The molecular weight excluding hydrogens is 437 g/mol. The number of amides is 1. The topological polar surface area (TPSA) is 120 Å². The summed E-state index contributed by atoms with van der Waals surface area (Å²) in [5.41, 5.74) is 6.88. The maximum absolute atomic E-state index is 13.6. The van der Waals surface area contributed by atoms with Gasteiger partial charge in [0.2, 0.25) is 0 Å². The standard InChI is InChI=1S/C22H22FN3O5S/c1-30-20-9-8-16(15-4-2-5-17(23)12-15)13-21(20)32(28,29)26-19-7-3-6-18(14-19)25-10-11-31-22(24)27/h2-9,12-14,25-26H,10-11H2,1H3,(H2,24,27). The Morgan fingerprint density at radius 1 is 1.00 bits per heavy atom. The van der Waals surface area contributed by atoms with Crippen LogP contribution in [0.1, 0.15) is 0 Å². The molecule has 0 fully saturated rings. The van der Waals surface area contributed by atoms with Gasteiger partial charge in [0.25, 0.3) is 10.0 Å². The van der Waals surface area contributed by atoms with Gasteiger partial charge < -0.3 is 20.5 Å². The van der Waals surface area contributed by atoms with Gasteiger partial charge in [-0.1, -0.05) is 24.3 Å². The molecule has 3 aromatic carbocycles. The summed E-state index contributed by atoms with van der Waals surface area (Å²) < 4.78 is 52.3. The van der Waals surface area contributed by atoms with Crippen LogP contribution in [-0.2, 0) is 14.8 Å². The van der Waals surface area contributed by atoms with Crippen molar-refractivity contribution in [1.82, 2.24) is 0 Å². The lowest BCUT2D eigenvalue weighted by molar-refractivity contribution is 0.161. The minimum Gasteiger partial charge on any atom is -0.495 e. The second-order valence-corrected chi connectivity index (χ2v) is 8.31. The Labute approximate surface area is 185 Å². The van der Waals surface area contributed by atoms with Gasteiger partial charge in [0.15, 0.2) is 0 Å². The molecule has 0 heterocycles. The van der Waals surface area contributed by atoms with Crippen molar-refractivity contribution in [3.8, 4) is 16.9 Å². The molecule has 0 spiro atoms. The lowest BCUT2D eigenvalue weighted by atomic mass is 10.1. The van der Waals surface area contributed by atoms with E-state index in [1.54, 1.807) is 42.5 Å². The summed E-state index contributed by atoms with van der Waals surface area (Å²) in [5.74, 6) is -0.276. The van der Waals surface area contributed by atoms with Crippen molar-refractivity contribution in [2.75, 3.05) is 30.3 Å². The highest BCUT2D eigenvalue weighted by atomic mass is 32.2. The molecular formula is C22H22FN3O5S. The quantitative estimate of drug-likeness (QED) is 0.419. The normalized spacial score (nSPS) is 10.9. The Morgan fingerprint density at radius 2 is 1.72 bits per heavy atom. The van der Waals surface area contributed by atoms with E-state index in [1.807, 2.05) is 0 Å². The van der Waals surface area contributed by atoms with Crippen molar-refractivity contribution in [2.45, 2.75) is 4.90 Å². The maximum atomic E-state index is 13.6. The van der Waals surface area contributed by atoms with Crippen molar-refractivity contribution in [2.24, 2.45) is 5.73 Å². The van der Waals surface area contributed by atoms with E-state index in [0.29, 0.717) is 29.0 Å². The zero-order chi connectivity index (χ0) is 23.1. The number of methoxy groups -OCH3 is 1. The monoisotopic (exact) mass is 459 g/mol. The number of hydrogen-bond acceptors (Lipinski definition) is 6. The van der Waals surface area contributed by atoms with Gasteiger partial charge in [-0.15, -0.1) is 0 Å². The van der Waals surface area contributed by atoms with E-state index in [0.717, 1.165) is 0 Å². The summed E-state index contributed by atoms with van der Waals surface area (Å²) in [4.78, 5) is 10.5. The Hall–Kier alpha value is -3.79. The second kappa shape index (κ2) is 10.0. The first-order valence-corrected chi connectivity index (χ1v) is 11.0. The molecule has 1 amide bonds. The minimum atomic E-state index is -4.03. The zero-order valence-electron chi connectivity index (χ0n) is 17.2. The molecule has 0 saturated carbocycles. The molecule has 3 rings (SSSR count). The molecule has 0 atom stereocenters. The van der Waals surface area contributed by atoms with E-state index in [9.17, 15) is 17.6 Å². The Morgan fingerprint density at radius 3 is 2.44 bits per heavy atom. The van der Waals surface area contributed by atoms with E-state index in [1.165, 1.54) is 31.4 Å². The lowest BCUT2D eigenvalue weighted by Gasteiger charge is -2.14. The molecule has 0 radical (unpaired) electrons. The molecule has 0 aliphatic carbocycles. The van der Waals surface area contributed by atoms with E-state index < -0.39 is 21.9 Å². The summed E-state index contributed by atoms with van der Waals surface area (Å²) in [6.07, 6.45) is -0.872. The molecule has 0 unspecified atom stereocenters. The molecule has 0 bridgehead atoms. The van der Waals surface area contributed by atoms with Crippen molar-refractivity contribution in [3.05, 3.63) is 72.5 Å². The van der Waals surface area contributed by atoms with Gasteiger partial charge in [-0.05, 0) is 53.6 Å². The molecule has 0 aromatic heterocycles. The highest BCUT2D eigenvalue weighted by molar-refractivity contribution is 7.92. The molecule has 0 saturated heterocycles. The van der Waals surface area contributed by atoms with Crippen molar-refractivity contribution < 1.29 is 27.1 Å². The van der Waals surface area contributed by atoms with Crippen LogP contribution in [0.2, 0.25) is 0 Å². The van der Waals surface area contributed by atoms with E-state index in [-0.39, 0.29) is 17.3 Å². The van der Waals surface area contributed by atoms with Crippen LogP contribution in [-0.4, -0.2) is 34.8 Å². The van der Waals surface area contributed by atoms with Gasteiger partial charge in [0, 0.05) is 12.2 Å². The summed E-state index contributed by atoms with van der Waals surface area (Å²) in [6, 6.07) is 17.0. The predicted octanol–water partition coefficient (Wildman–Crippen LogP) is 3.81. The maximum Gasteiger partial charge on any atom is 0.404 e. The molecule has 10 heteroatoms. The molecule has 0 aliphatic heterocycles. The Balaban J connectivity index is 1.84. The fourth-order valence-electron chi connectivity index (χ4n) is 2.98.